The standard InChI is InChI=1S/3C2H5NO2.2Na/c3*3-2(5)1-4;;/h3*4H,1H2,(H2,3,5);;. The Kier molecular flexibility index (Phi) is 45.1. The maximum Gasteiger partial charge on any atom is 0.243 e. The van der Waals surface area contributed by atoms with Crippen LogP contribution >= 0.6 is 0 Å². The average Bonchev–Trinajstić information content (AvgIpc) is 2.19. The molecule has 0 aliphatic rings. The fraction of sp³-hybridized carbons (Fsp3) is 0.500. The maximum atomic E-state index is 9.34. The van der Waals surface area contributed by atoms with Crippen molar-refractivity contribution in [1.82, 2.24) is 0 Å². The normalized spacial score (nSPS) is 6.53. The number of carbonyl (C=O) groups excluding carboxylic acids is 3. The van der Waals surface area contributed by atoms with E-state index in [1.54, 1.807) is 0 Å². The van der Waals surface area contributed by atoms with Crippen molar-refractivity contribution < 1.29 is 29.7 Å². The summed E-state index contributed by atoms with van der Waals surface area (Å²) in [5, 5.41) is 23.0. The number of hydrogen-bond acceptors (Lipinski definition) is 6. The molecule has 3 amide bonds. The molecule has 0 bridgehead atoms. The molecule has 0 aromatic heterocycles. The Bertz CT molecular complexity index is 171. The molecule has 0 fully saturated rings. The summed E-state index contributed by atoms with van der Waals surface area (Å²) >= 11 is 0. The topological polar surface area (TPSA) is 190 Å². The minimum atomic E-state index is -0.690. The molecule has 0 saturated heterocycles. The van der Waals surface area contributed by atoms with E-state index in [1.807, 2.05) is 0 Å². The molecule has 0 aromatic rings. The van der Waals surface area contributed by atoms with Gasteiger partial charge in [-0.3, -0.25) is 14.4 Å². The molecule has 0 rings (SSSR count). The summed E-state index contributed by atoms with van der Waals surface area (Å²) in [6.07, 6.45) is 0. The molecular formula is C6H15N3Na2O6. The van der Waals surface area contributed by atoms with Gasteiger partial charge in [0.15, 0.2) is 0 Å². The zero-order valence-electron chi connectivity index (χ0n) is 9.92. The van der Waals surface area contributed by atoms with Crippen molar-refractivity contribution in [3.05, 3.63) is 0 Å². The number of nitrogens with two attached hydrogens (primary N) is 3. The van der Waals surface area contributed by atoms with Crippen LogP contribution in [0.5, 0.6) is 0 Å². The Morgan fingerprint density at radius 3 is 0.706 bits per heavy atom. The van der Waals surface area contributed by atoms with Gasteiger partial charge in [-0.15, -0.1) is 0 Å². The van der Waals surface area contributed by atoms with Crippen molar-refractivity contribution in [2.75, 3.05) is 19.8 Å². The van der Waals surface area contributed by atoms with Crippen LogP contribution < -0.4 is 17.2 Å². The van der Waals surface area contributed by atoms with Crippen molar-refractivity contribution >= 4 is 76.8 Å². The molecule has 9 nitrogen and oxygen atoms in total. The molecule has 2 radical (unpaired) electrons. The van der Waals surface area contributed by atoms with Gasteiger partial charge in [0.1, 0.15) is 19.8 Å². The Morgan fingerprint density at radius 2 is 0.706 bits per heavy atom. The van der Waals surface area contributed by atoms with Crippen LogP contribution in [0.25, 0.3) is 0 Å². The predicted molar refractivity (Wildman–Crippen MR) is 60.3 cm³/mol. The van der Waals surface area contributed by atoms with E-state index in [-0.39, 0.29) is 59.1 Å². The van der Waals surface area contributed by atoms with Crippen LogP contribution in [0.15, 0.2) is 0 Å². The van der Waals surface area contributed by atoms with Crippen LogP contribution in [0.4, 0.5) is 0 Å². The molecule has 0 heterocycles. The first-order chi connectivity index (χ1) is 6.81. The first-order valence-electron chi connectivity index (χ1n) is 3.49. The molecule has 0 spiro atoms. The van der Waals surface area contributed by atoms with Gasteiger partial charge in [0.05, 0.1) is 0 Å². The third-order valence-electron chi connectivity index (χ3n) is 0.468. The first kappa shape index (κ1) is 30.4. The minimum Gasteiger partial charge on any atom is -0.387 e. The zero-order chi connectivity index (χ0) is 12.9. The molecule has 0 unspecified atom stereocenters. The predicted octanol–water partition coefficient (Wildman–Crippen LogP) is -5.37. The van der Waals surface area contributed by atoms with Gasteiger partial charge in [-0.05, 0) is 0 Å². The van der Waals surface area contributed by atoms with Crippen LogP contribution in [0.3, 0.4) is 0 Å². The molecule has 0 saturated carbocycles. The van der Waals surface area contributed by atoms with Crippen LogP contribution in [-0.4, -0.2) is 112 Å². The van der Waals surface area contributed by atoms with Crippen molar-refractivity contribution in [1.29, 1.82) is 0 Å². The maximum absolute atomic E-state index is 9.34. The number of aliphatic hydroxyl groups excluding tert-OH is 3. The van der Waals surface area contributed by atoms with Gasteiger partial charge in [0.25, 0.3) is 0 Å². The summed E-state index contributed by atoms with van der Waals surface area (Å²) in [7, 11) is 0. The SMILES string of the molecule is NC(=O)CO.NC(=O)CO.NC(=O)CO.[Na].[Na]. The second-order valence-corrected chi connectivity index (χ2v) is 1.87. The van der Waals surface area contributed by atoms with E-state index < -0.39 is 37.5 Å². The van der Waals surface area contributed by atoms with Gasteiger partial charge in [-0.2, -0.15) is 0 Å². The van der Waals surface area contributed by atoms with E-state index in [2.05, 4.69) is 17.2 Å². The Morgan fingerprint density at radius 1 is 0.647 bits per heavy atom. The molecule has 17 heavy (non-hydrogen) atoms. The van der Waals surface area contributed by atoms with Gasteiger partial charge in [0.2, 0.25) is 17.7 Å². The van der Waals surface area contributed by atoms with Gasteiger partial charge < -0.3 is 32.5 Å². The molecule has 9 N–H and O–H groups in total. The van der Waals surface area contributed by atoms with Crippen molar-refractivity contribution in [3.63, 3.8) is 0 Å². The smallest absolute Gasteiger partial charge is 0.243 e. The second kappa shape index (κ2) is 25.2. The largest absolute Gasteiger partial charge is 0.387 e. The van der Waals surface area contributed by atoms with E-state index in [4.69, 9.17) is 15.3 Å². The third-order valence-corrected chi connectivity index (χ3v) is 0.468. The van der Waals surface area contributed by atoms with E-state index in [0.717, 1.165) is 0 Å². The fourth-order valence-electron chi connectivity index (χ4n) is 0. The molecule has 11 heteroatoms. The van der Waals surface area contributed by atoms with E-state index in [1.165, 1.54) is 0 Å². The Balaban J connectivity index is -0.0000000400. The summed E-state index contributed by atoms with van der Waals surface area (Å²) in [5.41, 5.74) is 13.2. The Hall–Kier alpha value is 0.290. The summed E-state index contributed by atoms with van der Waals surface area (Å²) in [5.74, 6) is -2.07. The summed E-state index contributed by atoms with van der Waals surface area (Å²) in [6.45, 7) is -1.67. The van der Waals surface area contributed by atoms with E-state index in [9.17, 15) is 14.4 Å². The Labute approximate surface area is 142 Å². The number of primary amides is 3. The van der Waals surface area contributed by atoms with E-state index >= 15 is 0 Å². The average molecular weight is 271 g/mol. The van der Waals surface area contributed by atoms with Crippen LogP contribution in [-0.2, 0) is 14.4 Å². The molecule has 0 atom stereocenters. The summed E-state index contributed by atoms with van der Waals surface area (Å²) in [4.78, 5) is 28.0. The number of rotatable bonds is 3. The van der Waals surface area contributed by atoms with Crippen LogP contribution in [0, 0.1) is 0 Å². The van der Waals surface area contributed by atoms with Crippen molar-refractivity contribution in [2.24, 2.45) is 17.2 Å². The van der Waals surface area contributed by atoms with E-state index in [0.29, 0.717) is 0 Å². The van der Waals surface area contributed by atoms with Gasteiger partial charge in [-0.25, -0.2) is 0 Å². The number of aliphatic hydroxyl groups is 3. The van der Waals surface area contributed by atoms with Gasteiger partial charge in [-0.1, -0.05) is 0 Å². The number of hydrogen-bond donors (Lipinski definition) is 6. The summed E-state index contributed by atoms with van der Waals surface area (Å²) in [6, 6.07) is 0. The summed E-state index contributed by atoms with van der Waals surface area (Å²) < 4.78 is 0. The number of amides is 3. The van der Waals surface area contributed by atoms with Gasteiger partial charge >= 0.3 is 0 Å². The molecule has 92 valence electrons. The molecule has 0 aromatic carbocycles. The fourth-order valence-corrected chi connectivity index (χ4v) is 0. The van der Waals surface area contributed by atoms with Crippen molar-refractivity contribution in [2.45, 2.75) is 0 Å². The molecular weight excluding hydrogens is 256 g/mol. The molecule has 0 aliphatic heterocycles. The number of carbonyl (C=O) groups is 3. The third kappa shape index (κ3) is 84.1. The van der Waals surface area contributed by atoms with Crippen LogP contribution in [0.1, 0.15) is 0 Å². The second-order valence-electron chi connectivity index (χ2n) is 1.87. The van der Waals surface area contributed by atoms with Crippen molar-refractivity contribution in [3.8, 4) is 0 Å². The first-order valence-corrected chi connectivity index (χ1v) is 3.49. The molecule has 0 aliphatic carbocycles. The monoisotopic (exact) mass is 271 g/mol. The minimum absolute atomic E-state index is 0. The quantitative estimate of drug-likeness (QED) is 0.277. The van der Waals surface area contributed by atoms with Crippen LogP contribution in [0.2, 0.25) is 0 Å². The zero-order valence-corrected chi connectivity index (χ0v) is 13.9. The van der Waals surface area contributed by atoms with Gasteiger partial charge in [0, 0.05) is 59.1 Å².